The van der Waals surface area contributed by atoms with E-state index in [1.165, 1.54) is 26.4 Å². The topological polar surface area (TPSA) is 82.8 Å². The van der Waals surface area contributed by atoms with E-state index in [4.69, 9.17) is 15.2 Å². The molecule has 1 aliphatic carbocycles. The number of ether oxygens (including phenoxy) is 3. The molecule has 0 aliphatic heterocycles. The lowest BCUT2D eigenvalue weighted by molar-refractivity contribution is -0.0526. The maximum absolute atomic E-state index is 12.6. The molecule has 1 aromatic rings. The van der Waals surface area contributed by atoms with Gasteiger partial charge in [-0.15, -0.1) is 0 Å². The third-order valence-electron chi connectivity index (χ3n) is 4.46. The third kappa shape index (κ3) is 4.72. The Bertz CT molecular complexity index is 573. The van der Waals surface area contributed by atoms with Gasteiger partial charge in [0, 0.05) is 11.6 Å². The van der Waals surface area contributed by atoms with Crippen LogP contribution in [0, 0.1) is 5.92 Å². The molecule has 0 radical (unpaired) electrons. The molecule has 1 aliphatic rings. The van der Waals surface area contributed by atoms with Crippen LogP contribution in [0.1, 0.15) is 36.0 Å². The summed E-state index contributed by atoms with van der Waals surface area (Å²) in [5, 5.41) is 2.98. The molecule has 1 amide bonds. The van der Waals surface area contributed by atoms with E-state index in [1.807, 2.05) is 0 Å². The number of alkyl halides is 2. The van der Waals surface area contributed by atoms with Crippen LogP contribution < -0.4 is 25.3 Å². The third-order valence-corrected chi connectivity index (χ3v) is 4.46. The van der Waals surface area contributed by atoms with Gasteiger partial charge in [0.05, 0.1) is 14.2 Å². The molecular formula is C17H24F2N2O4. The zero-order valence-corrected chi connectivity index (χ0v) is 14.4. The summed E-state index contributed by atoms with van der Waals surface area (Å²) in [4.78, 5) is 12.6. The highest BCUT2D eigenvalue weighted by atomic mass is 19.3. The van der Waals surface area contributed by atoms with Gasteiger partial charge in [-0.3, -0.25) is 4.79 Å². The normalized spacial score (nSPS) is 20.2. The van der Waals surface area contributed by atoms with Crippen LogP contribution in [-0.2, 0) is 0 Å². The summed E-state index contributed by atoms with van der Waals surface area (Å²) in [5.41, 5.74) is 6.03. The second-order valence-corrected chi connectivity index (χ2v) is 5.95. The fourth-order valence-electron chi connectivity index (χ4n) is 3.15. The average Bonchev–Trinajstić information content (AvgIpc) is 2.61. The monoisotopic (exact) mass is 358 g/mol. The molecule has 1 fully saturated rings. The van der Waals surface area contributed by atoms with Crippen LogP contribution in [0.4, 0.5) is 8.78 Å². The fraction of sp³-hybridized carbons (Fsp3) is 0.588. The van der Waals surface area contributed by atoms with Crippen LogP contribution >= 0.6 is 0 Å². The first-order valence-corrected chi connectivity index (χ1v) is 8.21. The summed E-state index contributed by atoms with van der Waals surface area (Å²) in [6.45, 7) is -2.52. The second kappa shape index (κ2) is 8.84. The van der Waals surface area contributed by atoms with Gasteiger partial charge in [0.15, 0.2) is 11.5 Å². The van der Waals surface area contributed by atoms with Gasteiger partial charge < -0.3 is 25.3 Å². The minimum atomic E-state index is -3.03. The van der Waals surface area contributed by atoms with E-state index in [-0.39, 0.29) is 40.7 Å². The summed E-state index contributed by atoms with van der Waals surface area (Å²) in [7, 11) is 2.61. The molecule has 1 aromatic carbocycles. The number of halogens is 2. The van der Waals surface area contributed by atoms with Gasteiger partial charge in [-0.05, 0) is 37.4 Å². The van der Waals surface area contributed by atoms with Crippen molar-refractivity contribution in [2.24, 2.45) is 11.7 Å². The zero-order valence-electron chi connectivity index (χ0n) is 14.4. The molecule has 3 N–H and O–H groups in total. The first-order chi connectivity index (χ1) is 12.0. The lowest BCUT2D eigenvalue weighted by Gasteiger charge is -2.31. The quantitative estimate of drug-likeness (QED) is 0.783. The molecule has 2 rings (SSSR count). The molecule has 0 saturated heterocycles. The summed E-state index contributed by atoms with van der Waals surface area (Å²) >= 11 is 0. The Kier molecular flexibility index (Phi) is 6.81. The van der Waals surface area contributed by atoms with E-state index in [9.17, 15) is 13.6 Å². The Labute approximate surface area is 145 Å². The van der Waals surface area contributed by atoms with E-state index >= 15 is 0 Å². The number of carbonyl (C=O) groups is 1. The predicted octanol–water partition coefficient (Wildman–Crippen LogP) is 2.55. The van der Waals surface area contributed by atoms with Gasteiger partial charge in [0.2, 0.25) is 5.75 Å². The number of amides is 1. The van der Waals surface area contributed by atoms with Crippen LogP contribution in [0.5, 0.6) is 17.2 Å². The summed E-state index contributed by atoms with van der Waals surface area (Å²) in [5.74, 6) is -0.324. The number of methoxy groups -OCH3 is 2. The molecule has 140 valence electrons. The fourth-order valence-corrected chi connectivity index (χ4v) is 3.15. The highest BCUT2D eigenvalue weighted by molar-refractivity contribution is 5.95. The molecule has 0 spiro atoms. The van der Waals surface area contributed by atoms with E-state index in [2.05, 4.69) is 10.1 Å². The molecule has 6 nitrogen and oxygen atoms in total. The lowest BCUT2D eigenvalue weighted by Crippen LogP contribution is -2.44. The molecule has 0 heterocycles. The highest BCUT2D eigenvalue weighted by Gasteiger charge is 2.27. The van der Waals surface area contributed by atoms with Crippen molar-refractivity contribution in [2.45, 2.75) is 38.3 Å². The van der Waals surface area contributed by atoms with Gasteiger partial charge in [-0.25, -0.2) is 0 Å². The number of benzene rings is 1. The van der Waals surface area contributed by atoms with Gasteiger partial charge in [-0.1, -0.05) is 12.8 Å². The Morgan fingerprint density at radius 3 is 2.36 bits per heavy atom. The lowest BCUT2D eigenvalue weighted by atomic mass is 9.84. The van der Waals surface area contributed by atoms with E-state index in [0.717, 1.165) is 25.7 Å². The Balaban J connectivity index is 2.24. The summed E-state index contributed by atoms with van der Waals surface area (Å²) in [6, 6.07) is 2.71. The van der Waals surface area contributed by atoms with Crippen LogP contribution in [0.15, 0.2) is 12.1 Å². The van der Waals surface area contributed by atoms with Crippen LogP contribution in [0.3, 0.4) is 0 Å². The predicted molar refractivity (Wildman–Crippen MR) is 88.4 cm³/mol. The van der Waals surface area contributed by atoms with Crippen LogP contribution in [0.25, 0.3) is 0 Å². The number of rotatable bonds is 7. The van der Waals surface area contributed by atoms with E-state index < -0.39 is 6.61 Å². The van der Waals surface area contributed by atoms with Crippen molar-refractivity contribution in [3.05, 3.63) is 17.7 Å². The molecule has 2 unspecified atom stereocenters. The van der Waals surface area contributed by atoms with Crippen LogP contribution in [-0.4, -0.2) is 39.3 Å². The average molecular weight is 358 g/mol. The minimum absolute atomic E-state index is 0.000213. The molecule has 0 bridgehead atoms. The number of nitrogens with two attached hydrogens (primary N) is 1. The van der Waals surface area contributed by atoms with Crippen molar-refractivity contribution >= 4 is 5.91 Å². The van der Waals surface area contributed by atoms with Gasteiger partial charge >= 0.3 is 6.61 Å². The van der Waals surface area contributed by atoms with Gasteiger partial charge in [0.25, 0.3) is 5.91 Å². The van der Waals surface area contributed by atoms with Crippen molar-refractivity contribution in [3.63, 3.8) is 0 Å². The number of hydrogen-bond donors (Lipinski definition) is 2. The zero-order chi connectivity index (χ0) is 18.4. The first-order valence-electron chi connectivity index (χ1n) is 8.21. The Morgan fingerprint density at radius 1 is 1.24 bits per heavy atom. The number of nitrogens with one attached hydrogen (secondary N) is 1. The van der Waals surface area contributed by atoms with Gasteiger partial charge in [-0.2, -0.15) is 8.78 Å². The summed E-state index contributed by atoms with van der Waals surface area (Å²) in [6.07, 6.45) is 3.99. The molecule has 2 atom stereocenters. The Morgan fingerprint density at radius 2 is 1.84 bits per heavy atom. The Hall–Kier alpha value is -2.09. The first kappa shape index (κ1) is 19.2. The molecule has 1 saturated carbocycles. The SMILES string of the molecule is COc1cc(C(=O)NC2CCCCC2CN)cc(OC)c1OC(F)F. The standard InChI is InChI=1S/C17H24F2N2O4/c1-23-13-7-11(8-14(24-2)15(13)25-17(18)19)16(22)21-12-6-4-3-5-10(12)9-20/h7-8,10,12,17H,3-6,9,20H2,1-2H3,(H,21,22). The maximum Gasteiger partial charge on any atom is 0.387 e. The van der Waals surface area contributed by atoms with E-state index in [0.29, 0.717) is 6.54 Å². The van der Waals surface area contributed by atoms with Crippen molar-refractivity contribution in [1.29, 1.82) is 0 Å². The second-order valence-electron chi connectivity index (χ2n) is 5.95. The molecule has 0 aromatic heterocycles. The van der Waals surface area contributed by atoms with E-state index in [1.54, 1.807) is 0 Å². The molecule has 8 heteroatoms. The molecule has 25 heavy (non-hydrogen) atoms. The highest BCUT2D eigenvalue weighted by Crippen LogP contribution is 2.39. The van der Waals surface area contributed by atoms with Crippen molar-refractivity contribution < 1.29 is 27.8 Å². The number of hydrogen-bond acceptors (Lipinski definition) is 5. The van der Waals surface area contributed by atoms with Gasteiger partial charge in [0.1, 0.15) is 0 Å². The van der Waals surface area contributed by atoms with Crippen LogP contribution in [0.2, 0.25) is 0 Å². The largest absolute Gasteiger partial charge is 0.493 e. The minimum Gasteiger partial charge on any atom is -0.493 e. The van der Waals surface area contributed by atoms with Crippen molar-refractivity contribution in [1.82, 2.24) is 5.32 Å². The number of carbonyl (C=O) groups excluding carboxylic acids is 1. The maximum atomic E-state index is 12.6. The molecular weight excluding hydrogens is 334 g/mol. The summed E-state index contributed by atoms with van der Waals surface area (Å²) < 4.78 is 39.8. The van der Waals surface area contributed by atoms with Crippen molar-refractivity contribution in [3.8, 4) is 17.2 Å². The van der Waals surface area contributed by atoms with Crippen molar-refractivity contribution in [2.75, 3.05) is 20.8 Å². The smallest absolute Gasteiger partial charge is 0.387 e.